The first-order valence-corrected chi connectivity index (χ1v) is 6.22. The number of rotatable bonds is 4. The van der Waals surface area contributed by atoms with E-state index in [0.717, 1.165) is 23.6 Å². The van der Waals surface area contributed by atoms with Crippen molar-refractivity contribution in [3.8, 4) is 0 Å². The Bertz CT molecular complexity index is 588. The highest BCUT2D eigenvalue weighted by molar-refractivity contribution is 6.05. The molecule has 1 heterocycles. The zero-order valence-electron chi connectivity index (χ0n) is 11.4. The van der Waals surface area contributed by atoms with Gasteiger partial charge in [0.1, 0.15) is 11.5 Å². The molecule has 2 aromatic rings. The molecule has 19 heavy (non-hydrogen) atoms. The van der Waals surface area contributed by atoms with E-state index in [0.29, 0.717) is 11.3 Å². The van der Waals surface area contributed by atoms with Gasteiger partial charge in [-0.05, 0) is 44.7 Å². The van der Waals surface area contributed by atoms with Crippen LogP contribution in [0, 0.1) is 13.8 Å². The van der Waals surface area contributed by atoms with Crippen LogP contribution in [-0.4, -0.2) is 13.0 Å². The molecule has 0 aliphatic carbocycles. The minimum atomic E-state index is -0.143. The lowest BCUT2D eigenvalue weighted by Gasteiger charge is -2.06. The Kier molecular flexibility index (Phi) is 4.02. The molecular formula is C15H18N2O2. The van der Waals surface area contributed by atoms with E-state index in [2.05, 4.69) is 10.6 Å². The summed E-state index contributed by atoms with van der Waals surface area (Å²) in [7, 11) is 1.89. The predicted molar refractivity (Wildman–Crippen MR) is 75.3 cm³/mol. The second kappa shape index (κ2) is 5.71. The standard InChI is InChI=1S/C15H18N2O2/c1-10-7-14(11(2)19-10)15(18)17-13-6-4-5-12(8-13)9-16-3/h4-8,16H,9H2,1-3H3,(H,17,18). The van der Waals surface area contributed by atoms with Gasteiger partial charge >= 0.3 is 0 Å². The third kappa shape index (κ3) is 3.23. The third-order valence-electron chi connectivity index (χ3n) is 2.85. The SMILES string of the molecule is CNCc1cccc(NC(=O)c2cc(C)oc2C)c1. The van der Waals surface area contributed by atoms with Gasteiger partial charge in [0.25, 0.3) is 5.91 Å². The minimum Gasteiger partial charge on any atom is -0.466 e. The largest absolute Gasteiger partial charge is 0.466 e. The summed E-state index contributed by atoms with van der Waals surface area (Å²) in [6.07, 6.45) is 0. The Morgan fingerprint density at radius 3 is 2.68 bits per heavy atom. The number of hydrogen-bond donors (Lipinski definition) is 2. The Morgan fingerprint density at radius 1 is 1.26 bits per heavy atom. The van der Waals surface area contributed by atoms with Crippen molar-refractivity contribution >= 4 is 11.6 Å². The van der Waals surface area contributed by atoms with Crippen LogP contribution in [0.1, 0.15) is 27.4 Å². The van der Waals surface area contributed by atoms with Crippen molar-refractivity contribution in [1.82, 2.24) is 5.32 Å². The smallest absolute Gasteiger partial charge is 0.259 e. The maximum absolute atomic E-state index is 12.1. The molecule has 0 saturated carbocycles. The normalized spacial score (nSPS) is 10.5. The molecular weight excluding hydrogens is 240 g/mol. The van der Waals surface area contributed by atoms with Gasteiger partial charge in [0, 0.05) is 12.2 Å². The van der Waals surface area contributed by atoms with Gasteiger partial charge in [-0.25, -0.2) is 0 Å². The average molecular weight is 258 g/mol. The van der Waals surface area contributed by atoms with Crippen LogP contribution < -0.4 is 10.6 Å². The molecule has 0 bridgehead atoms. The fourth-order valence-corrected chi connectivity index (χ4v) is 2.02. The highest BCUT2D eigenvalue weighted by Gasteiger charge is 2.13. The Balaban J connectivity index is 2.14. The number of aryl methyl sites for hydroxylation is 2. The maximum Gasteiger partial charge on any atom is 0.259 e. The predicted octanol–water partition coefficient (Wildman–Crippen LogP) is 2.87. The van der Waals surface area contributed by atoms with Gasteiger partial charge in [-0.1, -0.05) is 12.1 Å². The van der Waals surface area contributed by atoms with E-state index in [1.807, 2.05) is 38.2 Å². The number of anilines is 1. The molecule has 4 heteroatoms. The minimum absolute atomic E-state index is 0.143. The molecule has 0 fully saturated rings. The first-order chi connectivity index (χ1) is 9.10. The molecule has 0 aliphatic rings. The number of furan rings is 1. The van der Waals surface area contributed by atoms with Crippen LogP contribution in [0.2, 0.25) is 0 Å². The Hall–Kier alpha value is -2.07. The lowest BCUT2D eigenvalue weighted by Crippen LogP contribution is -2.12. The topological polar surface area (TPSA) is 54.3 Å². The van der Waals surface area contributed by atoms with E-state index >= 15 is 0 Å². The highest BCUT2D eigenvalue weighted by atomic mass is 16.3. The quantitative estimate of drug-likeness (QED) is 0.886. The Labute approximate surface area is 112 Å². The summed E-state index contributed by atoms with van der Waals surface area (Å²) in [6, 6.07) is 9.52. The van der Waals surface area contributed by atoms with Gasteiger partial charge in [-0.3, -0.25) is 4.79 Å². The number of amides is 1. The van der Waals surface area contributed by atoms with Crippen molar-refractivity contribution in [3.05, 3.63) is 53.0 Å². The van der Waals surface area contributed by atoms with Crippen molar-refractivity contribution in [2.24, 2.45) is 0 Å². The number of nitrogens with one attached hydrogen (secondary N) is 2. The fourth-order valence-electron chi connectivity index (χ4n) is 2.02. The molecule has 0 spiro atoms. The molecule has 4 nitrogen and oxygen atoms in total. The zero-order chi connectivity index (χ0) is 13.8. The molecule has 2 rings (SSSR count). The summed E-state index contributed by atoms with van der Waals surface area (Å²) in [5.41, 5.74) is 2.49. The van der Waals surface area contributed by atoms with Crippen LogP contribution >= 0.6 is 0 Å². The highest BCUT2D eigenvalue weighted by Crippen LogP contribution is 2.17. The first kappa shape index (κ1) is 13.4. The van der Waals surface area contributed by atoms with Gasteiger partial charge in [-0.15, -0.1) is 0 Å². The second-order valence-electron chi connectivity index (χ2n) is 4.51. The van der Waals surface area contributed by atoms with Crippen LogP contribution in [0.5, 0.6) is 0 Å². The van der Waals surface area contributed by atoms with Crippen molar-refractivity contribution in [2.75, 3.05) is 12.4 Å². The van der Waals surface area contributed by atoms with Crippen molar-refractivity contribution < 1.29 is 9.21 Å². The molecule has 1 aromatic heterocycles. The van der Waals surface area contributed by atoms with Gasteiger partial charge in [0.05, 0.1) is 5.56 Å². The van der Waals surface area contributed by atoms with E-state index in [4.69, 9.17) is 4.42 Å². The molecule has 0 atom stereocenters. The van der Waals surface area contributed by atoms with Gasteiger partial charge < -0.3 is 15.1 Å². The molecule has 0 radical (unpaired) electrons. The van der Waals surface area contributed by atoms with E-state index in [1.165, 1.54) is 0 Å². The van der Waals surface area contributed by atoms with E-state index in [1.54, 1.807) is 13.0 Å². The Morgan fingerprint density at radius 2 is 2.05 bits per heavy atom. The molecule has 0 unspecified atom stereocenters. The van der Waals surface area contributed by atoms with Gasteiger partial charge in [0.15, 0.2) is 0 Å². The fraction of sp³-hybridized carbons (Fsp3) is 0.267. The van der Waals surface area contributed by atoms with Gasteiger partial charge in [0.2, 0.25) is 0 Å². The van der Waals surface area contributed by atoms with E-state index in [9.17, 15) is 4.79 Å². The van der Waals surface area contributed by atoms with Gasteiger partial charge in [-0.2, -0.15) is 0 Å². The summed E-state index contributed by atoms with van der Waals surface area (Å²) in [6.45, 7) is 4.39. The van der Waals surface area contributed by atoms with Crippen molar-refractivity contribution in [3.63, 3.8) is 0 Å². The lowest BCUT2D eigenvalue weighted by molar-refractivity contribution is 0.102. The van der Waals surface area contributed by atoms with Crippen molar-refractivity contribution in [2.45, 2.75) is 20.4 Å². The molecule has 0 saturated heterocycles. The number of benzene rings is 1. The number of hydrogen-bond acceptors (Lipinski definition) is 3. The van der Waals surface area contributed by atoms with Crippen LogP contribution in [0.25, 0.3) is 0 Å². The third-order valence-corrected chi connectivity index (χ3v) is 2.85. The number of carbonyl (C=O) groups is 1. The van der Waals surface area contributed by atoms with Crippen LogP contribution in [0.15, 0.2) is 34.7 Å². The van der Waals surface area contributed by atoms with E-state index < -0.39 is 0 Å². The summed E-state index contributed by atoms with van der Waals surface area (Å²) in [5.74, 6) is 1.24. The second-order valence-corrected chi connectivity index (χ2v) is 4.51. The lowest BCUT2D eigenvalue weighted by atomic mass is 10.2. The molecule has 1 amide bonds. The molecule has 1 aromatic carbocycles. The van der Waals surface area contributed by atoms with Crippen LogP contribution in [-0.2, 0) is 6.54 Å². The summed E-state index contributed by atoms with van der Waals surface area (Å²) in [5, 5.41) is 5.97. The summed E-state index contributed by atoms with van der Waals surface area (Å²) < 4.78 is 5.36. The molecule has 2 N–H and O–H groups in total. The summed E-state index contributed by atoms with van der Waals surface area (Å²) in [4.78, 5) is 12.1. The monoisotopic (exact) mass is 258 g/mol. The average Bonchev–Trinajstić information content (AvgIpc) is 2.69. The maximum atomic E-state index is 12.1. The first-order valence-electron chi connectivity index (χ1n) is 6.22. The van der Waals surface area contributed by atoms with Crippen LogP contribution in [0.4, 0.5) is 5.69 Å². The number of carbonyl (C=O) groups excluding carboxylic acids is 1. The van der Waals surface area contributed by atoms with E-state index in [-0.39, 0.29) is 5.91 Å². The van der Waals surface area contributed by atoms with Crippen LogP contribution in [0.3, 0.4) is 0 Å². The molecule has 100 valence electrons. The summed E-state index contributed by atoms with van der Waals surface area (Å²) >= 11 is 0. The van der Waals surface area contributed by atoms with Crippen molar-refractivity contribution in [1.29, 1.82) is 0 Å². The molecule has 0 aliphatic heterocycles. The zero-order valence-corrected chi connectivity index (χ0v) is 11.4.